The van der Waals surface area contributed by atoms with Crippen molar-refractivity contribution in [2.45, 2.75) is 45.2 Å². The van der Waals surface area contributed by atoms with Gasteiger partial charge in [-0.25, -0.2) is 0 Å². The molecule has 0 aliphatic rings. The number of aliphatic carboxylic acids is 1. The quantitative estimate of drug-likeness (QED) is 0.442. The topological polar surface area (TPSA) is 63.3 Å². The van der Waals surface area contributed by atoms with E-state index in [-0.39, 0.29) is 24.8 Å². The van der Waals surface area contributed by atoms with Gasteiger partial charge in [0.15, 0.2) is 0 Å². The summed E-state index contributed by atoms with van der Waals surface area (Å²) in [6, 6.07) is -0.0993. The van der Waals surface area contributed by atoms with Gasteiger partial charge in [-0.3, -0.25) is 4.79 Å². The molecular weight excluding hydrogens is 263 g/mol. The van der Waals surface area contributed by atoms with Gasteiger partial charge in [-0.05, 0) is 33.1 Å². The molecule has 0 aliphatic heterocycles. The predicted molar refractivity (Wildman–Crippen MR) is 68.8 cm³/mol. The van der Waals surface area contributed by atoms with Gasteiger partial charge in [0.25, 0.3) is 0 Å². The molecule has 4 nitrogen and oxygen atoms in total. The van der Waals surface area contributed by atoms with Crippen molar-refractivity contribution in [3.8, 4) is 0 Å². The summed E-state index contributed by atoms with van der Waals surface area (Å²) < 4.78 is 0.975. The van der Waals surface area contributed by atoms with Gasteiger partial charge in [0.05, 0.1) is 26.7 Å². The average molecular weight is 289 g/mol. The fourth-order valence-electron chi connectivity index (χ4n) is 1.27. The molecule has 0 saturated carbocycles. The number of carboxylic acids is 1. The van der Waals surface area contributed by atoms with Gasteiger partial charge >= 0.3 is 5.97 Å². The third kappa shape index (κ3) is 9.65. The number of carbonyl (C=O) groups is 1. The molecule has 3 N–H and O–H groups in total. The van der Waals surface area contributed by atoms with E-state index in [0.717, 1.165) is 23.9 Å². The standard InChI is InChI=1S/C11H24N2O2.2ClH/c1-9(2)13(3,4)8-6-5-7-10(12)11(14)15;;/h9-10H,5-8,12H2,1-4H3;2*1H/t10-;;/m0../s1. The number of nitrogens with zero attached hydrogens (tertiary/aromatic N) is 1. The third-order valence-corrected chi connectivity index (χ3v) is 3.21. The highest BCUT2D eigenvalue weighted by molar-refractivity contribution is 5.85. The van der Waals surface area contributed by atoms with Crippen LogP contribution in [0.25, 0.3) is 0 Å². The number of unbranched alkanes of at least 4 members (excludes halogenated alkanes) is 1. The molecule has 1 atom stereocenters. The number of nitrogens with two attached hydrogens (primary N) is 1. The number of quaternary nitrogens is 1. The summed E-state index contributed by atoms with van der Waals surface area (Å²) in [6.07, 6.45) is 2.50. The second-order valence-corrected chi connectivity index (χ2v) is 5.04. The van der Waals surface area contributed by atoms with Crippen LogP contribution in [-0.4, -0.2) is 48.3 Å². The van der Waals surface area contributed by atoms with Crippen LogP contribution in [0.4, 0.5) is 0 Å². The third-order valence-electron chi connectivity index (χ3n) is 3.21. The largest absolute Gasteiger partial charge is 1.00 e. The molecule has 0 aromatic rings. The first-order valence-electron chi connectivity index (χ1n) is 5.58. The van der Waals surface area contributed by atoms with Crippen LogP contribution in [0.1, 0.15) is 33.1 Å². The van der Waals surface area contributed by atoms with E-state index in [9.17, 15) is 4.79 Å². The Morgan fingerprint density at radius 1 is 1.29 bits per heavy atom. The molecule has 0 heterocycles. The van der Waals surface area contributed by atoms with Gasteiger partial charge in [0.1, 0.15) is 6.04 Å². The van der Waals surface area contributed by atoms with Crippen molar-refractivity contribution in [1.29, 1.82) is 0 Å². The fraction of sp³-hybridized carbons (Fsp3) is 0.909. The minimum absolute atomic E-state index is 0. The van der Waals surface area contributed by atoms with Crippen molar-refractivity contribution in [1.82, 2.24) is 0 Å². The molecule has 0 radical (unpaired) electrons. The maximum atomic E-state index is 10.5. The Balaban J connectivity index is -0.000000980. The lowest BCUT2D eigenvalue weighted by Crippen LogP contribution is -3.00. The van der Waals surface area contributed by atoms with Crippen LogP contribution >= 0.6 is 12.4 Å². The highest BCUT2D eigenvalue weighted by atomic mass is 35.5. The SMILES string of the molecule is CC(C)[N+](C)(C)CCCC[C@H](N)C(=O)O.Cl.[Cl-]. The van der Waals surface area contributed by atoms with E-state index in [2.05, 4.69) is 27.9 Å². The van der Waals surface area contributed by atoms with Crippen molar-refractivity contribution in [3.63, 3.8) is 0 Å². The van der Waals surface area contributed by atoms with Crippen LogP contribution in [0.2, 0.25) is 0 Å². The molecular formula is C11H26Cl2N2O2. The van der Waals surface area contributed by atoms with E-state index in [0.29, 0.717) is 12.5 Å². The van der Waals surface area contributed by atoms with Crippen LogP contribution in [0.5, 0.6) is 0 Å². The smallest absolute Gasteiger partial charge is 0.320 e. The van der Waals surface area contributed by atoms with E-state index < -0.39 is 12.0 Å². The van der Waals surface area contributed by atoms with Crippen molar-refractivity contribution in [2.24, 2.45) is 5.73 Å². The van der Waals surface area contributed by atoms with E-state index in [1.807, 2.05) is 0 Å². The Morgan fingerprint density at radius 3 is 2.12 bits per heavy atom. The Morgan fingerprint density at radius 2 is 1.76 bits per heavy atom. The van der Waals surface area contributed by atoms with Crippen LogP contribution in [0.15, 0.2) is 0 Å². The second kappa shape index (κ2) is 9.95. The summed E-state index contributed by atoms with van der Waals surface area (Å²) in [4.78, 5) is 10.5. The summed E-state index contributed by atoms with van der Waals surface area (Å²) >= 11 is 0. The maximum Gasteiger partial charge on any atom is 0.320 e. The molecule has 6 heteroatoms. The Kier molecular flexibility index (Phi) is 13.0. The Hall–Kier alpha value is -0.0300. The molecule has 0 unspecified atom stereocenters. The van der Waals surface area contributed by atoms with Gasteiger partial charge in [0.2, 0.25) is 0 Å². The predicted octanol–water partition coefficient (Wildman–Crippen LogP) is -1.52. The Labute approximate surface area is 117 Å². The Bertz CT molecular complexity index is 212. The highest BCUT2D eigenvalue weighted by Crippen LogP contribution is 2.09. The van der Waals surface area contributed by atoms with Gasteiger partial charge in [0, 0.05) is 0 Å². The van der Waals surface area contributed by atoms with E-state index in [4.69, 9.17) is 10.8 Å². The molecule has 0 aromatic heterocycles. The van der Waals surface area contributed by atoms with Gasteiger partial charge in [-0.2, -0.15) is 0 Å². The number of hydrogen-bond acceptors (Lipinski definition) is 2. The maximum absolute atomic E-state index is 10.5. The first-order valence-corrected chi connectivity index (χ1v) is 5.58. The average Bonchev–Trinajstić information content (AvgIpc) is 2.11. The molecule has 17 heavy (non-hydrogen) atoms. The first kappa shape index (κ1) is 22.2. The first-order chi connectivity index (χ1) is 6.77. The lowest BCUT2D eigenvalue weighted by atomic mass is 10.1. The zero-order chi connectivity index (χ0) is 12.1. The van der Waals surface area contributed by atoms with Crippen LogP contribution in [-0.2, 0) is 4.79 Å². The normalized spacial score (nSPS) is 12.6. The highest BCUT2D eigenvalue weighted by Gasteiger charge is 2.19. The van der Waals surface area contributed by atoms with Crippen LogP contribution in [0, 0.1) is 0 Å². The van der Waals surface area contributed by atoms with Gasteiger partial charge in [-0.15, -0.1) is 12.4 Å². The van der Waals surface area contributed by atoms with Crippen molar-refractivity contribution >= 4 is 18.4 Å². The summed E-state index contributed by atoms with van der Waals surface area (Å²) in [5.41, 5.74) is 5.42. The molecule has 0 aliphatic carbocycles. The number of rotatable bonds is 7. The molecule has 106 valence electrons. The molecule has 0 spiro atoms. The van der Waals surface area contributed by atoms with E-state index >= 15 is 0 Å². The molecule has 0 bridgehead atoms. The lowest BCUT2D eigenvalue weighted by molar-refractivity contribution is -0.911. The van der Waals surface area contributed by atoms with Gasteiger partial charge in [-0.1, -0.05) is 0 Å². The van der Waals surface area contributed by atoms with E-state index in [1.54, 1.807) is 0 Å². The van der Waals surface area contributed by atoms with Crippen LogP contribution < -0.4 is 18.1 Å². The number of carboxylic acid groups (broad SMARTS) is 1. The van der Waals surface area contributed by atoms with Crippen molar-refractivity contribution < 1.29 is 26.8 Å². The lowest BCUT2D eigenvalue weighted by Gasteiger charge is -2.34. The summed E-state index contributed by atoms with van der Waals surface area (Å²) in [5, 5.41) is 8.60. The monoisotopic (exact) mass is 288 g/mol. The van der Waals surface area contributed by atoms with Crippen molar-refractivity contribution in [3.05, 3.63) is 0 Å². The minimum atomic E-state index is -0.896. The summed E-state index contributed by atoms with van der Waals surface area (Å²) in [5.74, 6) is -0.896. The molecule has 0 rings (SSSR count). The van der Waals surface area contributed by atoms with Crippen LogP contribution in [0.3, 0.4) is 0 Å². The van der Waals surface area contributed by atoms with E-state index in [1.165, 1.54) is 0 Å². The minimum Gasteiger partial charge on any atom is -1.00 e. The van der Waals surface area contributed by atoms with Crippen molar-refractivity contribution in [2.75, 3.05) is 20.6 Å². The second-order valence-electron chi connectivity index (χ2n) is 5.04. The molecule has 0 fully saturated rings. The zero-order valence-electron chi connectivity index (χ0n) is 11.1. The number of halogens is 2. The fourth-order valence-corrected chi connectivity index (χ4v) is 1.27. The van der Waals surface area contributed by atoms with Gasteiger partial charge < -0.3 is 27.7 Å². The number of hydrogen-bond donors (Lipinski definition) is 2. The summed E-state index contributed by atoms with van der Waals surface area (Å²) in [7, 11) is 4.39. The molecule has 0 aromatic carbocycles. The molecule has 0 amide bonds. The zero-order valence-corrected chi connectivity index (χ0v) is 12.7. The molecule has 0 saturated heterocycles. The summed E-state index contributed by atoms with van der Waals surface area (Å²) in [6.45, 7) is 5.47.